The zero-order valence-electron chi connectivity index (χ0n) is 15.1. The smallest absolute Gasteiger partial charge is 0.247 e. The number of rotatable bonds is 4. The Kier molecular flexibility index (Phi) is 5.03. The number of hydrogen-bond acceptors (Lipinski definition) is 7. The van der Waals surface area contributed by atoms with Crippen molar-refractivity contribution in [2.75, 3.05) is 10.7 Å². The monoisotopic (exact) mass is 391 g/mol. The molecule has 0 fully saturated rings. The Morgan fingerprint density at radius 2 is 2.04 bits per heavy atom. The molecule has 0 bridgehead atoms. The normalized spacial score (nSPS) is 15.0. The molecule has 2 aromatic heterocycles. The van der Waals surface area contributed by atoms with Crippen LogP contribution in [0.1, 0.15) is 18.7 Å². The highest BCUT2D eigenvalue weighted by molar-refractivity contribution is 7.99. The Hall–Kier alpha value is -3.26. The molecule has 1 aliphatic rings. The topological polar surface area (TPSA) is 81.1 Å². The van der Waals surface area contributed by atoms with Gasteiger partial charge in [0.15, 0.2) is 5.69 Å². The molecule has 0 saturated heterocycles. The molecule has 0 saturated carbocycles. The maximum atomic E-state index is 12.6. The third-order valence-corrected chi connectivity index (χ3v) is 5.01. The maximum absolute atomic E-state index is 12.6. The van der Waals surface area contributed by atoms with Crippen LogP contribution in [-0.2, 0) is 4.79 Å². The van der Waals surface area contributed by atoms with Crippen molar-refractivity contribution in [1.82, 2.24) is 20.2 Å². The lowest BCUT2D eigenvalue weighted by atomic mass is 10.1. The molecule has 1 aromatic carbocycles. The number of ether oxygens (including phenoxy) is 1. The standard InChI is InChI=1S/C20H17N5O2S/c1-3-12-28-20-22-18-17(23-24-20)15-6-4-5-7-16(15)25(13(2)26)19(27-18)14-8-10-21-11-9-14/h3-11,19H,1,12H2,2H3. The van der Waals surface area contributed by atoms with Gasteiger partial charge in [-0.25, -0.2) is 0 Å². The fourth-order valence-corrected chi connectivity index (χ4v) is 3.51. The van der Waals surface area contributed by atoms with Crippen LogP contribution >= 0.6 is 11.8 Å². The van der Waals surface area contributed by atoms with Crippen LogP contribution < -0.4 is 9.64 Å². The van der Waals surface area contributed by atoms with Crippen molar-refractivity contribution in [1.29, 1.82) is 0 Å². The number of nitrogens with zero attached hydrogens (tertiary/aromatic N) is 5. The SMILES string of the molecule is C=CCSc1nnc2c(n1)OC(c1ccncc1)N(C(C)=O)c1ccccc1-2. The van der Waals surface area contributed by atoms with E-state index in [1.165, 1.54) is 18.7 Å². The minimum Gasteiger partial charge on any atom is -0.447 e. The van der Waals surface area contributed by atoms with Gasteiger partial charge in [0.2, 0.25) is 23.2 Å². The van der Waals surface area contributed by atoms with Gasteiger partial charge in [0.25, 0.3) is 0 Å². The number of hydrogen-bond donors (Lipinski definition) is 0. The van der Waals surface area contributed by atoms with E-state index in [4.69, 9.17) is 4.74 Å². The predicted molar refractivity (Wildman–Crippen MR) is 107 cm³/mol. The Morgan fingerprint density at radius 3 is 2.79 bits per heavy atom. The fraction of sp³-hybridized carbons (Fsp3) is 0.150. The molecule has 7 nitrogen and oxygen atoms in total. The average Bonchev–Trinajstić information content (AvgIpc) is 2.87. The Labute approximate surface area is 166 Å². The van der Waals surface area contributed by atoms with Crippen LogP contribution in [0.25, 0.3) is 11.3 Å². The third kappa shape index (κ3) is 3.34. The van der Waals surface area contributed by atoms with Crippen LogP contribution in [0.15, 0.2) is 66.6 Å². The van der Waals surface area contributed by atoms with Crippen LogP contribution in [0.2, 0.25) is 0 Å². The van der Waals surface area contributed by atoms with E-state index in [9.17, 15) is 4.79 Å². The lowest BCUT2D eigenvalue weighted by molar-refractivity contribution is -0.118. The van der Waals surface area contributed by atoms with E-state index >= 15 is 0 Å². The molecule has 1 aliphatic heterocycles. The summed E-state index contributed by atoms with van der Waals surface area (Å²) in [6.07, 6.45) is 4.40. The molecule has 0 radical (unpaired) electrons. The molecule has 3 aromatic rings. The van der Waals surface area contributed by atoms with Crippen LogP contribution in [0.3, 0.4) is 0 Å². The first-order valence-electron chi connectivity index (χ1n) is 8.63. The van der Waals surface area contributed by atoms with Gasteiger partial charge in [0, 0.05) is 36.2 Å². The maximum Gasteiger partial charge on any atom is 0.247 e. The summed E-state index contributed by atoms with van der Waals surface area (Å²) in [5, 5.41) is 9.04. The van der Waals surface area contributed by atoms with E-state index in [1.807, 2.05) is 36.4 Å². The van der Waals surface area contributed by atoms with E-state index in [0.29, 0.717) is 28.2 Å². The minimum atomic E-state index is -0.697. The summed E-state index contributed by atoms with van der Waals surface area (Å²) in [5.41, 5.74) is 2.72. The first-order chi connectivity index (χ1) is 13.7. The van der Waals surface area contributed by atoms with Gasteiger partial charge in [0.05, 0.1) is 5.69 Å². The Balaban J connectivity index is 1.91. The highest BCUT2D eigenvalue weighted by Crippen LogP contribution is 2.43. The van der Waals surface area contributed by atoms with Gasteiger partial charge < -0.3 is 4.74 Å². The highest BCUT2D eigenvalue weighted by Gasteiger charge is 2.34. The van der Waals surface area contributed by atoms with Gasteiger partial charge >= 0.3 is 0 Å². The van der Waals surface area contributed by atoms with Crippen LogP contribution in [0, 0.1) is 0 Å². The Morgan fingerprint density at radius 1 is 1.25 bits per heavy atom. The molecule has 8 heteroatoms. The quantitative estimate of drug-likeness (QED) is 0.496. The number of carbonyl (C=O) groups excluding carboxylic acids is 1. The number of anilines is 1. The summed E-state index contributed by atoms with van der Waals surface area (Å²) >= 11 is 1.41. The summed E-state index contributed by atoms with van der Waals surface area (Å²) in [4.78, 5) is 22.8. The summed E-state index contributed by atoms with van der Waals surface area (Å²) in [7, 11) is 0. The van der Waals surface area contributed by atoms with E-state index in [0.717, 1.165) is 11.1 Å². The van der Waals surface area contributed by atoms with Gasteiger partial charge in [-0.3, -0.25) is 14.7 Å². The molecule has 0 N–H and O–H groups in total. The van der Waals surface area contributed by atoms with Crippen molar-refractivity contribution in [3.05, 3.63) is 67.0 Å². The molecule has 0 aliphatic carbocycles. The van der Waals surface area contributed by atoms with Crippen molar-refractivity contribution >= 4 is 23.4 Å². The number of para-hydroxylation sites is 1. The number of carbonyl (C=O) groups is 1. The highest BCUT2D eigenvalue weighted by atomic mass is 32.2. The summed E-state index contributed by atoms with van der Waals surface area (Å²) in [6.45, 7) is 5.22. The second kappa shape index (κ2) is 7.77. The lowest BCUT2D eigenvalue weighted by Gasteiger charge is -2.29. The molecule has 0 spiro atoms. The van der Waals surface area contributed by atoms with Gasteiger partial charge in [-0.05, 0) is 18.2 Å². The molecule has 3 heterocycles. The van der Waals surface area contributed by atoms with Crippen LogP contribution in [0.4, 0.5) is 5.69 Å². The summed E-state index contributed by atoms with van der Waals surface area (Å²) in [5.74, 6) is 0.834. The number of pyridine rings is 1. The van der Waals surface area contributed by atoms with Crippen molar-refractivity contribution in [3.8, 4) is 17.1 Å². The van der Waals surface area contributed by atoms with Crippen molar-refractivity contribution < 1.29 is 9.53 Å². The van der Waals surface area contributed by atoms with Crippen LogP contribution in [0.5, 0.6) is 5.88 Å². The first kappa shape index (κ1) is 18.1. The van der Waals surface area contributed by atoms with Crippen molar-refractivity contribution in [2.24, 2.45) is 0 Å². The largest absolute Gasteiger partial charge is 0.447 e. The van der Waals surface area contributed by atoms with E-state index in [2.05, 4.69) is 26.7 Å². The van der Waals surface area contributed by atoms with Gasteiger partial charge in [-0.1, -0.05) is 36.0 Å². The molecule has 4 rings (SSSR count). The van der Waals surface area contributed by atoms with Gasteiger partial charge in [-0.2, -0.15) is 4.98 Å². The number of benzene rings is 1. The zero-order valence-corrected chi connectivity index (χ0v) is 16.0. The van der Waals surface area contributed by atoms with Crippen molar-refractivity contribution in [2.45, 2.75) is 18.3 Å². The fourth-order valence-electron chi connectivity index (χ4n) is 2.99. The number of fused-ring (bicyclic) bond motifs is 3. The van der Waals surface area contributed by atoms with E-state index < -0.39 is 6.23 Å². The molecular formula is C20H17N5O2S. The average molecular weight is 391 g/mol. The number of thioether (sulfide) groups is 1. The second-order valence-corrected chi connectivity index (χ2v) is 6.99. The molecule has 1 unspecified atom stereocenters. The molecule has 28 heavy (non-hydrogen) atoms. The Bertz CT molecular complexity index is 1030. The second-order valence-electron chi connectivity index (χ2n) is 6.00. The van der Waals surface area contributed by atoms with E-state index in [1.54, 1.807) is 23.4 Å². The van der Waals surface area contributed by atoms with Gasteiger partial charge in [-0.15, -0.1) is 16.8 Å². The third-order valence-electron chi connectivity index (χ3n) is 4.17. The molecular weight excluding hydrogens is 374 g/mol. The molecule has 1 atom stereocenters. The number of aromatic nitrogens is 4. The van der Waals surface area contributed by atoms with Crippen molar-refractivity contribution in [3.63, 3.8) is 0 Å². The molecule has 1 amide bonds. The summed E-state index contributed by atoms with van der Waals surface area (Å²) in [6, 6.07) is 11.1. The predicted octanol–water partition coefficient (Wildman–Crippen LogP) is 3.66. The minimum absolute atomic E-state index is 0.156. The van der Waals surface area contributed by atoms with Crippen LogP contribution in [-0.4, -0.2) is 31.8 Å². The zero-order chi connectivity index (χ0) is 19.5. The lowest BCUT2D eigenvalue weighted by Crippen LogP contribution is -2.36. The van der Waals surface area contributed by atoms with Gasteiger partial charge in [0.1, 0.15) is 0 Å². The number of amides is 1. The van der Waals surface area contributed by atoms with E-state index in [-0.39, 0.29) is 5.91 Å². The summed E-state index contributed by atoms with van der Waals surface area (Å²) < 4.78 is 6.24. The molecule has 140 valence electrons. The first-order valence-corrected chi connectivity index (χ1v) is 9.62.